The zero-order valence-corrected chi connectivity index (χ0v) is 14.2. The first-order valence-corrected chi connectivity index (χ1v) is 8.13. The van der Waals surface area contributed by atoms with E-state index < -0.39 is 0 Å². The minimum absolute atomic E-state index is 0.155. The molecular formula is C16H26N4O3. The topological polar surface area (TPSA) is 76.5 Å². The third-order valence-electron chi connectivity index (χ3n) is 4.08. The number of amides is 1. The van der Waals surface area contributed by atoms with Crippen LogP contribution in [-0.2, 0) is 11.3 Å². The lowest BCUT2D eigenvalue weighted by Gasteiger charge is -2.40. The van der Waals surface area contributed by atoms with Gasteiger partial charge < -0.3 is 10.1 Å². The number of rotatable bonds is 6. The number of aromatic nitrogens is 2. The molecule has 0 saturated carbocycles. The maximum atomic E-state index is 12.3. The Morgan fingerprint density at radius 3 is 2.70 bits per heavy atom. The molecule has 0 atom stereocenters. The second-order valence-electron chi connectivity index (χ2n) is 6.37. The second kappa shape index (κ2) is 7.70. The Bertz CT molecular complexity index is 591. The summed E-state index contributed by atoms with van der Waals surface area (Å²) in [5, 5.41) is 7.06. The molecule has 128 valence electrons. The van der Waals surface area contributed by atoms with E-state index >= 15 is 0 Å². The molecule has 0 unspecified atom stereocenters. The number of nitrogens with zero attached hydrogens (tertiary/aromatic N) is 3. The van der Waals surface area contributed by atoms with E-state index in [1.54, 1.807) is 0 Å². The van der Waals surface area contributed by atoms with E-state index in [0.717, 1.165) is 32.7 Å². The molecule has 0 aliphatic carbocycles. The molecule has 23 heavy (non-hydrogen) atoms. The van der Waals surface area contributed by atoms with Crippen LogP contribution >= 0.6 is 0 Å². The lowest BCUT2D eigenvalue weighted by atomic mass is 10.0. The zero-order valence-electron chi connectivity index (χ0n) is 14.2. The Labute approximate surface area is 136 Å². The summed E-state index contributed by atoms with van der Waals surface area (Å²) in [4.78, 5) is 26.3. The summed E-state index contributed by atoms with van der Waals surface area (Å²) in [5.41, 5.74) is -0.0648. The van der Waals surface area contributed by atoms with Crippen molar-refractivity contribution in [2.24, 2.45) is 0 Å². The molecule has 0 aromatic carbocycles. The van der Waals surface area contributed by atoms with Crippen LogP contribution in [0.4, 0.5) is 0 Å². The van der Waals surface area contributed by atoms with Gasteiger partial charge in [0.25, 0.3) is 11.5 Å². The minimum atomic E-state index is -0.254. The molecule has 2 rings (SSSR count). The number of aryl methyl sites for hydroxylation is 1. The van der Waals surface area contributed by atoms with Crippen molar-refractivity contribution in [3.05, 3.63) is 28.2 Å². The lowest BCUT2D eigenvalue weighted by molar-refractivity contribution is -0.00925. The monoisotopic (exact) mass is 322 g/mol. The Kier molecular flexibility index (Phi) is 5.90. The van der Waals surface area contributed by atoms with Crippen LogP contribution < -0.4 is 10.9 Å². The molecule has 1 aliphatic rings. The van der Waals surface area contributed by atoms with Crippen LogP contribution in [0.15, 0.2) is 16.9 Å². The third-order valence-corrected chi connectivity index (χ3v) is 4.08. The highest BCUT2D eigenvalue weighted by molar-refractivity contribution is 5.92. The second-order valence-corrected chi connectivity index (χ2v) is 6.37. The van der Waals surface area contributed by atoms with Gasteiger partial charge in [-0.15, -0.1) is 0 Å². The highest BCUT2D eigenvalue weighted by Gasteiger charge is 2.28. The Morgan fingerprint density at radius 2 is 2.04 bits per heavy atom. The molecule has 2 heterocycles. The highest BCUT2D eigenvalue weighted by Crippen LogP contribution is 2.15. The number of carbonyl (C=O) groups excluding carboxylic acids is 1. The third kappa shape index (κ3) is 4.62. The Morgan fingerprint density at radius 1 is 1.35 bits per heavy atom. The van der Waals surface area contributed by atoms with E-state index in [0.29, 0.717) is 13.1 Å². The van der Waals surface area contributed by atoms with Gasteiger partial charge >= 0.3 is 0 Å². The first-order chi connectivity index (χ1) is 10.9. The van der Waals surface area contributed by atoms with Gasteiger partial charge in [-0.25, -0.2) is 4.68 Å². The maximum absolute atomic E-state index is 12.3. The van der Waals surface area contributed by atoms with Crippen LogP contribution in [0.2, 0.25) is 0 Å². The first kappa shape index (κ1) is 17.6. The van der Waals surface area contributed by atoms with Crippen molar-refractivity contribution in [1.29, 1.82) is 0 Å². The molecule has 7 heteroatoms. The molecule has 7 nitrogen and oxygen atoms in total. The van der Waals surface area contributed by atoms with E-state index in [4.69, 9.17) is 4.74 Å². The van der Waals surface area contributed by atoms with E-state index in [1.165, 1.54) is 16.8 Å². The molecule has 1 aliphatic heterocycles. The summed E-state index contributed by atoms with van der Waals surface area (Å²) in [7, 11) is 0. The predicted octanol–water partition coefficient (Wildman–Crippen LogP) is 0.494. The first-order valence-electron chi connectivity index (χ1n) is 8.13. The molecule has 0 radical (unpaired) electrons. The van der Waals surface area contributed by atoms with E-state index in [9.17, 15) is 9.59 Å². The van der Waals surface area contributed by atoms with Crippen molar-refractivity contribution in [3.8, 4) is 0 Å². The van der Waals surface area contributed by atoms with Crippen LogP contribution in [0.1, 0.15) is 37.7 Å². The molecule has 1 amide bonds. The Balaban J connectivity index is 1.98. The smallest absolute Gasteiger partial charge is 0.271 e. The summed E-state index contributed by atoms with van der Waals surface area (Å²) in [6.45, 7) is 10.4. The molecule has 1 N–H and O–H groups in total. The molecule has 0 bridgehead atoms. The van der Waals surface area contributed by atoms with Gasteiger partial charge in [-0.05, 0) is 26.3 Å². The van der Waals surface area contributed by atoms with Gasteiger partial charge in [0, 0.05) is 37.8 Å². The van der Waals surface area contributed by atoms with Crippen LogP contribution in [0.25, 0.3) is 0 Å². The molecule has 1 aromatic heterocycles. The van der Waals surface area contributed by atoms with Crippen molar-refractivity contribution < 1.29 is 9.53 Å². The van der Waals surface area contributed by atoms with Crippen molar-refractivity contribution in [1.82, 2.24) is 20.0 Å². The fraction of sp³-hybridized carbons (Fsp3) is 0.688. The van der Waals surface area contributed by atoms with Gasteiger partial charge in [0.2, 0.25) is 0 Å². The summed E-state index contributed by atoms with van der Waals surface area (Å²) < 4.78 is 6.70. The standard InChI is InChI=1S/C16H26N4O3/c1-4-7-20-14(21)6-5-13(18-20)15(22)17-12-16(2,3)19-8-10-23-11-9-19/h5-6H,4,7-12H2,1-3H3,(H,17,22). The van der Waals surface area contributed by atoms with Crippen molar-refractivity contribution in [2.75, 3.05) is 32.8 Å². The van der Waals surface area contributed by atoms with Crippen LogP contribution in [0, 0.1) is 0 Å². The number of ether oxygens (including phenoxy) is 1. The van der Waals surface area contributed by atoms with Gasteiger partial charge in [-0.2, -0.15) is 5.10 Å². The quantitative estimate of drug-likeness (QED) is 0.825. The highest BCUT2D eigenvalue weighted by atomic mass is 16.5. The predicted molar refractivity (Wildman–Crippen MR) is 87.6 cm³/mol. The summed E-state index contributed by atoms with van der Waals surface area (Å²) in [5.74, 6) is -0.254. The van der Waals surface area contributed by atoms with Crippen molar-refractivity contribution in [2.45, 2.75) is 39.3 Å². The van der Waals surface area contributed by atoms with E-state index in [-0.39, 0.29) is 22.7 Å². The van der Waals surface area contributed by atoms with Gasteiger partial charge in [0.05, 0.1) is 13.2 Å². The summed E-state index contributed by atoms with van der Waals surface area (Å²) in [6.07, 6.45) is 0.794. The molecule has 1 fully saturated rings. The molecular weight excluding hydrogens is 296 g/mol. The Hall–Kier alpha value is -1.73. The lowest BCUT2D eigenvalue weighted by Crippen LogP contribution is -2.55. The fourth-order valence-corrected chi connectivity index (χ4v) is 2.61. The molecule has 1 saturated heterocycles. The van der Waals surface area contributed by atoms with Gasteiger partial charge in [-0.1, -0.05) is 6.92 Å². The number of morpholine rings is 1. The van der Waals surface area contributed by atoms with Crippen LogP contribution in [0.3, 0.4) is 0 Å². The maximum Gasteiger partial charge on any atom is 0.271 e. The summed E-state index contributed by atoms with van der Waals surface area (Å²) >= 11 is 0. The van der Waals surface area contributed by atoms with Crippen LogP contribution in [-0.4, -0.2) is 59.0 Å². The van der Waals surface area contributed by atoms with Gasteiger partial charge in [0.1, 0.15) is 5.69 Å². The zero-order chi connectivity index (χ0) is 16.9. The minimum Gasteiger partial charge on any atom is -0.379 e. The SMILES string of the molecule is CCCn1nc(C(=O)NCC(C)(C)N2CCOCC2)ccc1=O. The van der Waals surface area contributed by atoms with Crippen LogP contribution in [0.5, 0.6) is 0 Å². The van der Waals surface area contributed by atoms with Gasteiger partial charge in [-0.3, -0.25) is 14.5 Å². The number of nitrogens with one attached hydrogen (secondary N) is 1. The van der Waals surface area contributed by atoms with Gasteiger partial charge in [0.15, 0.2) is 0 Å². The molecule has 1 aromatic rings. The van der Waals surface area contributed by atoms with Crippen molar-refractivity contribution in [3.63, 3.8) is 0 Å². The number of hydrogen-bond donors (Lipinski definition) is 1. The van der Waals surface area contributed by atoms with E-state index in [2.05, 4.69) is 29.2 Å². The largest absolute Gasteiger partial charge is 0.379 e. The number of carbonyl (C=O) groups is 1. The average Bonchev–Trinajstić information content (AvgIpc) is 2.56. The molecule has 0 spiro atoms. The normalized spacial score (nSPS) is 16.3. The summed E-state index contributed by atoms with van der Waals surface area (Å²) in [6, 6.07) is 2.87. The van der Waals surface area contributed by atoms with E-state index in [1.807, 2.05) is 6.92 Å². The number of hydrogen-bond acceptors (Lipinski definition) is 5. The fourth-order valence-electron chi connectivity index (χ4n) is 2.61. The van der Waals surface area contributed by atoms with Crippen molar-refractivity contribution >= 4 is 5.91 Å². The average molecular weight is 322 g/mol.